The average Bonchev–Trinajstić information content (AvgIpc) is 3.05. The summed E-state index contributed by atoms with van der Waals surface area (Å²) in [5.41, 5.74) is 1.20. The molecule has 4 rings (SSSR count). The van der Waals surface area contributed by atoms with Gasteiger partial charge in [0.25, 0.3) is 0 Å². The molecule has 3 nitrogen and oxygen atoms in total. The van der Waals surface area contributed by atoms with Crippen LogP contribution in [0.5, 0.6) is 5.75 Å². The summed E-state index contributed by atoms with van der Waals surface area (Å²) in [6.07, 6.45) is -4.38. The van der Waals surface area contributed by atoms with Crippen LogP contribution in [-0.4, -0.2) is 12.3 Å². The van der Waals surface area contributed by atoms with Crippen LogP contribution in [0.15, 0.2) is 65.8 Å². The SMILES string of the molecule is FC(F)(F)c1cccc(CO/N=C2\COc3ccc4ccccc4c32)c1. The Bertz CT molecular complexity index is 996. The minimum Gasteiger partial charge on any atom is -0.486 e. The van der Waals surface area contributed by atoms with E-state index in [1.807, 2.05) is 36.4 Å². The van der Waals surface area contributed by atoms with Gasteiger partial charge in [0.2, 0.25) is 0 Å². The number of alkyl halides is 3. The molecule has 0 unspecified atom stereocenters. The summed E-state index contributed by atoms with van der Waals surface area (Å²) >= 11 is 0. The molecule has 0 aliphatic carbocycles. The van der Waals surface area contributed by atoms with E-state index >= 15 is 0 Å². The van der Waals surface area contributed by atoms with Gasteiger partial charge in [-0.05, 0) is 34.5 Å². The maximum atomic E-state index is 12.8. The molecule has 0 bridgehead atoms. The first kappa shape index (κ1) is 16.4. The van der Waals surface area contributed by atoms with Crippen molar-refractivity contribution in [1.82, 2.24) is 0 Å². The summed E-state index contributed by atoms with van der Waals surface area (Å²) < 4.78 is 43.9. The Hall–Kier alpha value is -3.02. The van der Waals surface area contributed by atoms with E-state index in [0.717, 1.165) is 34.2 Å². The zero-order chi connectivity index (χ0) is 18.1. The summed E-state index contributed by atoms with van der Waals surface area (Å²) in [7, 11) is 0. The molecule has 3 aromatic carbocycles. The van der Waals surface area contributed by atoms with Crippen molar-refractivity contribution in [2.24, 2.45) is 5.16 Å². The predicted molar refractivity (Wildman–Crippen MR) is 92.2 cm³/mol. The van der Waals surface area contributed by atoms with Crippen LogP contribution in [0, 0.1) is 0 Å². The second kappa shape index (κ2) is 6.37. The van der Waals surface area contributed by atoms with Crippen LogP contribution in [0.3, 0.4) is 0 Å². The molecule has 1 heterocycles. The molecular formula is C20H14F3NO2. The smallest absolute Gasteiger partial charge is 0.416 e. The highest BCUT2D eigenvalue weighted by Gasteiger charge is 2.30. The minimum atomic E-state index is -4.38. The van der Waals surface area contributed by atoms with Gasteiger partial charge >= 0.3 is 6.18 Å². The molecule has 132 valence electrons. The van der Waals surface area contributed by atoms with Gasteiger partial charge in [0.05, 0.1) is 11.1 Å². The lowest BCUT2D eigenvalue weighted by Crippen LogP contribution is -2.06. The first-order valence-electron chi connectivity index (χ1n) is 8.02. The molecule has 0 fully saturated rings. The van der Waals surface area contributed by atoms with Crippen LogP contribution < -0.4 is 4.74 Å². The van der Waals surface area contributed by atoms with E-state index in [1.165, 1.54) is 6.07 Å². The summed E-state index contributed by atoms with van der Waals surface area (Å²) in [4.78, 5) is 5.32. The summed E-state index contributed by atoms with van der Waals surface area (Å²) in [5.74, 6) is 0.727. The highest BCUT2D eigenvalue weighted by atomic mass is 19.4. The van der Waals surface area contributed by atoms with Crippen molar-refractivity contribution in [3.05, 3.63) is 77.4 Å². The monoisotopic (exact) mass is 357 g/mol. The normalized spacial score (nSPS) is 15.1. The topological polar surface area (TPSA) is 30.8 Å². The van der Waals surface area contributed by atoms with Crippen LogP contribution in [0.1, 0.15) is 16.7 Å². The fourth-order valence-electron chi connectivity index (χ4n) is 2.98. The molecule has 3 aromatic rings. The van der Waals surface area contributed by atoms with Crippen molar-refractivity contribution in [3.63, 3.8) is 0 Å². The highest BCUT2D eigenvalue weighted by molar-refractivity contribution is 6.15. The first-order valence-corrected chi connectivity index (χ1v) is 8.02. The molecule has 0 amide bonds. The first-order chi connectivity index (χ1) is 12.5. The lowest BCUT2D eigenvalue weighted by molar-refractivity contribution is -0.137. The Balaban J connectivity index is 1.56. The molecule has 0 N–H and O–H groups in total. The third kappa shape index (κ3) is 3.10. The lowest BCUT2D eigenvalue weighted by Gasteiger charge is -2.08. The second-order valence-corrected chi connectivity index (χ2v) is 5.96. The molecular weight excluding hydrogens is 343 g/mol. The van der Waals surface area contributed by atoms with Crippen LogP contribution >= 0.6 is 0 Å². The minimum absolute atomic E-state index is 0.0481. The van der Waals surface area contributed by atoms with Crippen molar-refractivity contribution >= 4 is 16.5 Å². The number of ether oxygens (including phenoxy) is 1. The zero-order valence-electron chi connectivity index (χ0n) is 13.6. The lowest BCUT2D eigenvalue weighted by atomic mass is 10.0. The van der Waals surface area contributed by atoms with E-state index in [0.29, 0.717) is 11.3 Å². The van der Waals surface area contributed by atoms with Gasteiger partial charge in [0.1, 0.15) is 24.7 Å². The van der Waals surface area contributed by atoms with E-state index < -0.39 is 11.7 Å². The van der Waals surface area contributed by atoms with Gasteiger partial charge in [0, 0.05) is 0 Å². The van der Waals surface area contributed by atoms with Crippen molar-refractivity contribution in [2.75, 3.05) is 6.61 Å². The van der Waals surface area contributed by atoms with Gasteiger partial charge in [-0.2, -0.15) is 13.2 Å². The van der Waals surface area contributed by atoms with E-state index in [2.05, 4.69) is 5.16 Å². The molecule has 0 aromatic heterocycles. The largest absolute Gasteiger partial charge is 0.486 e. The van der Waals surface area contributed by atoms with E-state index in [9.17, 15) is 13.2 Å². The Morgan fingerprint density at radius 2 is 1.85 bits per heavy atom. The fourth-order valence-corrected chi connectivity index (χ4v) is 2.98. The number of oxime groups is 1. The summed E-state index contributed by atoms with van der Waals surface area (Å²) in [6, 6.07) is 16.7. The van der Waals surface area contributed by atoms with Crippen LogP contribution in [0.4, 0.5) is 13.2 Å². The second-order valence-electron chi connectivity index (χ2n) is 5.96. The number of halogens is 3. The van der Waals surface area contributed by atoms with Crippen molar-refractivity contribution in [2.45, 2.75) is 12.8 Å². The third-order valence-corrected chi connectivity index (χ3v) is 4.20. The van der Waals surface area contributed by atoms with Gasteiger partial charge in [-0.25, -0.2) is 0 Å². The van der Waals surface area contributed by atoms with E-state index in [4.69, 9.17) is 9.57 Å². The van der Waals surface area contributed by atoms with Crippen molar-refractivity contribution < 1.29 is 22.7 Å². The molecule has 6 heteroatoms. The zero-order valence-corrected chi connectivity index (χ0v) is 13.6. The summed E-state index contributed by atoms with van der Waals surface area (Å²) in [5, 5.41) is 6.17. The molecule has 0 spiro atoms. The molecule has 1 aliphatic rings. The molecule has 26 heavy (non-hydrogen) atoms. The van der Waals surface area contributed by atoms with E-state index in [1.54, 1.807) is 6.07 Å². The quantitative estimate of drug-likeness (QED) is 0.605. The maximum Gasteiger partial charge on any atom is 0.416 e. The third-order valence-electron chi connectivity index (χ3n) is 4.20. The van der Waals surface area contributed by atoms with Crippen molar-refractivity contribution in [3.8, 4) is 5.75 Å². The molecule has 0 saturated heterocycles. The summed E-state index contributed by atoms with van der Waals surface area (Å²) in [6.45, 7) is 0.222. The number of benzene rings is 3. The van der Waals surface area contributed by atoms with Crippen LogP contribution in [0.25, 0.3) is 10.8 Å². The van der Waals surface area contributed by atoms with Gasteiger partial charge in [-0.15, -0.1) is 0 Å². The van der Waals surface area contributed by atoms with Gasteiger partial charge < -0.3 is 9.57 Å². The van der Waals surface area contributed by atoms with Crippen LogP contribution in [-0.2, 0) is 17.6 Å². The van der Waals surface area contributed by atoms with Crippen molar-refractivity contribution in [1.29, 1.82) is 0 Å². The molecule has 0 saturated carbocycles. The van der Waals surface area contributed by atoms with Gasteiger partial charge in [0.15, 0.2) is 0 Å². The number of hydrogen-bond acceptors (Lipinski definition) is 3. The van der Waals surface area contributed by atoms with Gasteiger partial charge in [-0.1, -0.05) is 47.6 Å². The number of rotatable bonds is 3. The molecule has 0 atom stereocenters. The Morgan fingerprint density at radius 3 is 2.69 bits per heavy atom. The van der Waals surface area contributed by atoms with Crippen LogP contribution in [0.2, 0.25) is 0 Å². The highest BCUT2D eigenvalue weighted by Crippen LogP contribution is 2.33. The fraction of sp³-hybridized carbons (Fsp3) is 0.150. The Labute approximate surface area is 147 Å². The Morgan fingerprint density at radius 1 is 1.00 bits per heavy atom. The number of hydrogen-bond donors (Lipinski definition) is 0. The molecule has 0 radical (unpaired) electrons. The Kier molecular flexibility index (Phi) is 4.03. The van der Waals surface area contributed by atoms with Gasteiger partial charge in [-0.3, -0.25) is 0 Å². The molecule has 1 aliphatic heterocycles. The standard InChI is InChI=1S/C20H14F3NO2/c21-20(22,23)15-6-3-4-13(10-15)11-26-24-17-12-25-18-9-8-14-5-1-2-7-16(14)19(17)18/h1-10H,11-12H2/b24-17+. The number of nitrogens with zero attached hydrogens (tertiary/aromatic N) is 1. The predicted octanol–water partition coefficient (Wildman–Crippen LogP) is 5.17. The maximum absolute atomic E-state index is 12.8. The number of fused-ring (bicyclic) bond motifs is 3. The average molecular weight is 357 g/mol. The van der Waals surface area contributed by atoms with E-state index in [-0.39, 0.29) is 13.2 Å².